The highest BCUT2D eigenvalue weighted by Crippen LogP contribution is 2.32. The third kappa shape index (κ3) is 3.02. The maximum Gasteiger partial charge on any atom is 0.318 e. The Morgan fingerprint density at radius 1 is 1.41 bits per heavy atom. The van der Waals surface area contributed by atoms with Crippen LogP contribution < -0.4 is 10.1 Å². The molecular weight excluding hydrogens is 287 g/mol. The highest BCUT2D eigenvalue weighted by Gasteiger charge is 2.30. The molecule has 0 aliphatic carbocycles. The Balaban J connectivity index is 1.74. The number of hydrogen-bond acceptors (Lipinski definition) is 3. The minimum atomic E-state index is -0.322. The zero-order valence-corrected chi connectivity index (χ0v) is 12.8. The number of nitrogens with zero attached hydrogens (tertiary/aromatic N) is 1. The van der Waals surface area contributed by atoms with Crippen molar-refractivity contribution in [3.8, 4) is 5.75 Å². The molecule has 22 heavy (non-hydrogen) atoms. The molecule has 0 spiro atoms. The zero-order valence-electron chi connectivity index (χ0n) is 12.8. The predicted octanol–water partition coefficient (Wildman–Crippen LogP) is 2.47. The normalized spacial score (nSPS) is 27.8. The lowest BCUT2D eigenvalue weighted by Gasteiger charge is -2.38. The van der Waals surface area contributed by atoms with Gasteiger partial charge >= 0.3 is 6.03 Å². The van der Waals surface area contributed by atoms with Gasteiger partial charge in [0.05, 0.1) is 31.4 Å². The van der Waals surface area contributed by atoms with E-state index in [0.29, 0.717) is 37.5 Å². The van der Waals surface area contributed by atoms with E-state index >= 15 is 0 Å². The van der Waals surface area contributed by atoms with E-state index in [1.165, 1.54) is 12.1 Å². The quantitative estimate of drug-likeness (QED) is 0.867. The molecule has 120 valence electrons. The average molecular weight is 308 g/mol. The van der Waals surface area contributed by atoms with Gasteiger partial charge in [-0.1, -0.05) is 0 Å². The Hall–Kier alpha value is -1.82. The van der Waals surface area contributed by atoms with Gasteiger partial charge in [-0.15, -0.1) is 0 Å². The molecule has 1 aromatic rings. The second-order valence-corrected chi connectivity index (χ2v) is 5.97. The maximum atomic E-state index is 13.5. The smallest absolute Gasteiger partial charge is 0.318 e. The molecule has 0 aromatic heterocycles. The van der Waals surface area contributed by atoms with Crippen molar-refractivity contribution < 1.29 is 18.7 Å². The third-order valence-electron chi connectivity index (χ3n) is 4.18. The van der Waals surface area contributed by atoms with Crippen LogP contribution in [0.4, 0.5) is 9.18 Å². The molecule has 1 fully saturated rings. The van der Waals surface area contributed by atoms with Gasteiger partial charge in [-0.05, 0) is 32.0 Å². The standard InChI is InChI=1S/C16H21FN2O3/c1-10-9-22-11(2)8-19(10)16(20)18-14-5-6-21-15-4-3-12(17)7-13(14)15/h3-4,7,10-11,14H,5-6,8-9H2,1-2H3,(H,18,20)/t10-,11-,14+/m1/s1. The zero-order chi connectivity index (χ0) is 15.7. The number of hydrogen-bond donors (Lipinski definition) is 1. The fourth-order valence-corrected chi connectivity index (χ4v) is 2.93. The number of ether oxygens (including phenoxy) is 2. The number of benzene rings is 1. The Morgan fingerprint density at radius 3 is 3.05 bits per heavy atom. The van der Waals surface area contributed by atoms with Crippen LogP contribution in [-0.2, 0) is 4.74 Å². The van der Waals surface area contributed by atoms with Gasteiger partial charge in [-0.2, -0.15) is 0 Å². The van der Waals surface area contributed by atoms with Crippen molar-refractivity contribution >= 4 is 6.03 Å². The number of nitrogens with one attached hydrogen (secondary N) is 1. The summed E-state index contributed by atoms with van der Waals surface area (Å²) in [6.07, 6.45) is 0.664. The van der Waals surface area contributed by atoms with E-state index in [0.717, 1.165) is 0 Å². The van der Waals surface area contributed by atoms with Gasteiger partial charge in [0, 0.05) is 18.5 Å². The summed E-state index contributed by atoms with van der Waals surface area (Å²) in [6.45, 7) is 5.52. The first-order valence-corrected chi connectivity index (χ1v) is 7.65. The van der Waals surface area contributed by atoms with E-state index in [1.54, 1.807) is 11.0 Å². The van der Waals surface area contributed by atoms with Crippen LogP contribution in [0.1, 0.15) is 31.9 Å². The van der Waals surface area contributed by atoms with Crippen LogP contribution in [0.15, 0.2) is 18.2 Å². The maximum absolute atomic E-state index is 13.5. The molecule has 1 saturated heterocycles. The fraction of sp³-hybridized carbons (Fsp3) is 0.562. The van der Waals surface area contributed by atoms with E-state index in [-0.39, 0.29) is 30.0 Å². The van der Waals surface area contributed by atoms with Gasteiger partial charge in [-0.25, -0.2) is 9.18 Å². The highest BCUT2D eigenvalue weighted by molar-refractivity contribution is 5.75. The summed E-state index contributed by atoms with van der Waals surface area (Å²) in [4.78, 5) is 14.3. The minimum Gasteiger partial charge on any atom is -0.493 e. The second-order valence-electron chi connectivity index (χ2n) is 5.97. The number of amides is 2. The van der Waals surface area contributed by atoms with Crippen molar-refractivity contribution in [2.75, 3.05) is 19.8 Å². The van der Waals surface area contributed by atoms with Gasteiger partial charge in [0.15, 0.2) is 0 Å². The van der Waals surface area contributed by atoms with E-state index in [9.17, 15) is 9.18 Å². The number of halogens is 1. The molecule has 1 N–H and O–H groups in total. The molecular formula is C16H21FN2O3. The third-order valence-corrected chi connectivity index (χ3v) is 4.18. The van der Waals surface area contributed by atoms with Gasteiger partial charge in [0.1, 0.15) is 11.6 Å². The Bertz CT molecular complexity index is 566. The second kappa shape index (κ2) is 6.12. The van der Waals surface area contributed by atoms with Crippen LogP contribution in [0.2, 0.25) is 0 Å². The number of fused-ring (bicyclic) bond motifs is 1. The molecule has 1 aromatic carbocycles. The van der Waals surface area contributed by atoms with E-state index in [1.807, 2.05) is 13.8 Å². The highest BCUT2D eigenvalue weighted by atomic mass is 19.1. The largest absolute Gasteiger partial charge is 0.493 e. The van der Waals surface area contributed by atoms with E-state index in [2.05, 4.69) is 5.32 Å². The Morgan fingerprint density at radius 2 is 2.23 bits per heavy atom. The lowest BCUT2D eigenvalue weighted by atomic mass is 10.0. The van der Waals surface area contributed by atoms with Crippen molar-refractivity contribution in [2.45, 2.75) is 38.5 Å². The van der Waals surface area contributed by atoms with Gasteiger partial charge in [-0.3, -0.25) is 0 Å². The van der Waals surface area contributed by atoms with E-state index in [4.69, 9.17) is 9.47 Å². The molecule has 0 radical (unpaired) electrons. The molecule has 3 atom stereocenters. The number of carbonyl (C=O) groups is 1. The molecule has 0 bridgehead atoms. The van der Waals surface area contributed by atoms with Crippen LogP contribution in [0.25, 0.3) is 0 Å². The summed E-state index contributed by atoms with van der Waals surface area (Å²) in [5, 5.41) is 3.01. The van der Waals surface area contributed by atoms with Crippen LogP contribution in [0.3, 0.4) is 0 Å². The molecule has 0 unspecified atom stereocenters. The minimum absolute atomic E-state index is 0.0290. The summed E-state index contributed by atoms with van der Waals surface area (Å²) in [5.41, 5.74) is 0.702. The van der Waals surface area contributed by atoms with Gasteiger partial charge in [0.25, 0.3) is 0 Å². The first kappa shape index (κ1) is 15.1. The van der Waals surface area contributed by atoms with E-state index < -0.39 is 0 Å². The number of rotatable bonds is 1. The molecule has 3 rings (SSSR count). The van der Waals surface area contributed by atoms with Gasteiger partial charge in [0.2, 0.25) is 0 Å². The van der Waals surface area contributed by atoms with Crippen LogP contribution in [0.5, 0.6) is 5.75 Å². The lowest BCUT2D eigenvalue weighted by Crippen LogP contribution is -2.54. The molecule has 2 heterocycles. The number of carbonyl (C=O) groups excluding carboxylic acids is 1. The van der Waals surface area contributed by atoms with Crippen molar-refractivity contribution in [2.24, 2.45) is 0 Å². The van der Waals surface area contributed by atoms with Crippen LogP contribution in [0, 0.1) is 5.82 Å². The molecule has 5 nitrogen and oxygen atoms in total. The molecule has 2 aliphatic heterocycles. The molecule has 2 aliphatic rings. The number of morpholine rings is 1. The molecule has 6 heteroatoms. The summed E-state index contributed by atoms with van der Waals surface area (Å²) < 4.78 is 24.5. The van der Waals surface area contributed by atoms with Crippen LogP contribution >= 0.6 is 0 Å². The summed E-state index contributed by atoms with van der Waals surface area (Å²) in [6, 6.07) is 4.09. The first-order valence-electron chi connectivity index (χ1n) is 7.65. The Labute approximate surface area is 129 Å². The summed E-state index contributed by atoms with van der Waals surface area (Å²) >= 11 is 0. The SMILES string of the molecule is C[C@@H]1CN(C(=O)N[C@H]2CCOc3ccc(F)cc32)[C@H](C)CO1. The first-order chi connectivity index (χ1) is 10.5. The van der Waals surface area contributed by atoms with Gasteiger partial charge < -0.3 is 19.7 Å². The van der Waals surface area contributed by atoms with Crippen LogP contribution in [-0.4, -0.2) is 42.8 Å². The van der Waals surface area contributed by atoms with Crippen molar-refractivity contribution in [3.05, 3.63) is 29.6 Å². The average Bonchev–Trinajstić information content (AvgIpc) is 2.50. The van der Waals surface area contributed by atoms with Crippen molar-refractivity contribution in [3.63, 3.8) is 0 Å². The lowest BCUT2D eigenvalue weighted by molar-refractivity contribution is -0.0323. The monoisotopic (exact) mass is 308 g/mol. The topological polar surface area (TPSA) is 50.8 Å². The number of urea groups is 1. The molecule has 0 saturated carbocycles. The van der Waals surface area contributed by atoms with Crippen molar-refractivity contribution in [1.29, 1.82) is 0 Å². The summed E-state index contributed by atoms with van der Waals surface area (Å²) in [7, 11) is 0. The molecule has 2 amide bonds. The summed E-state index contributed by atoms with van der Waals surface area (Å²) in [5.74, 6) is 0.318. The Kier molecular flexibility index (Phi) is 4.20. The van der Waals surface area contributed by atoms with Crippen molar-refractivity contribution in [1.82, 2.24) is 10.2 Å². The predicted molar refractivity (Wildman–Crippen MR) is 79.4 cm³/mol. The fourth-order valence-electron chi connectivity index (χ4n) is 2.93.